The molecule has 0 aliphatic heterocycles. The number of ether oxygens (including phenoxy) is 2. The standard InChI is InChI=1S/C21H28N2O5S/c1-5-6-7-16-8-10-17(11-9-16)22-21(24)15-23(29(4,25)26)18-12-13-19(27-2)20(14-18)28-3/h8-14H,5-7,15H2,1-4H3,(H,22,24). The minimum atomic E-state index is -3.69. The normalized spacial score (nSPS) is 11.0. The third-order valence-corrected chi connectivity index (χ3v) is 5.54. The topological polar surface area (TPSA) is 84.9 Å². The Hall–Kier alpha value is -2.74. The fraction of sp³-hybridized carbons (Fsp3) is 0.381. The lowest BCUT2D eigenvalue weighted by Crippen LogP contribution is -2.37. The second-order valence-corrected chi connectivity index (χ2v) is 8.56. The summed E-state index contributed by atoms with van der Waals surface area (Å²) in [5.41, 5.74) is 2.14. The lowest BCUT2D eigenvalue weighted by molar-refractivity contribution is -0.114. The summed E-state index contributed by atoms with van der Waals surface area (Å²) in [6, 6.07) is 12.3. The molecule has 0 unspecified atom stereocenters. The first kappa shape index (κ1) is 22.5. The number of carbonyl (C=O) groups excluding carboxylic acids is 1. The molecule has 7 nitrogen and oxygen atoms in total. The maximum Gasteiger partial charge on any atom is 0.245 e. The number of sulfonamides is 1. The van der Waals surface area contributed by atoms with Gasteiger partial charge in [0.1, 0.15) is 6.54 Å². The zero-order chi connectivity index (χ0) is 21.4. The number of aryl methyl sites for hydroxylation is 1. The summed E-state index contributed by atoms with van der Waals surface area (Å²) in [7, 11) is -0.736. The van der Waals surface area contributed by atoms with Gasteiger partial charge >= 0.3 is 0 Å². The highest BCUT2D eigenvalue weighted by Crippen LogP contribution is 2.32. The molecule has 0 saturated heterocycles. The number of nitrogens with one attached hydrogen (secondary N) is 1. The number of benzene rings is 2. The molecule has 1 N–H and O–H groups in total. The predicted octanol–water partition coefficient (Wildman–Crippen LogP) is 3.45. The van der Waals surface area contributed by atoms with E-state index >= 15 is 0 Å². The van der Waals surface area contributed by atoms with Crippen LogP contribution in [0.2, 0.25) is 0 Å². The Bertz CT molecular complexity index is 927. The van der Waals surface area contributed by atoms with Crippen LogP contribution in [0.25, 0.3) is 0 Å². The number of nitrogens with zero attached hydrogens (tertiary/aromatic N) is 1. The fourth-order valence-corrected chi connectivity index (χ4v) is 3.69. The van der Waals surface area contributed by atoms with Crippen molar-refractivity contribution < 1.29 is 22.7 Å². The van der Waals surface area contributed by atoms with Gasteiger partial charge in [0.05, 0.1) is 26.2 Å². The Morgan fingerprint density at radius 1 is 1.03 bits per heavy atom. The zero-order valence-corrected chi connectivity index (χ0v) is 18.1. The molecule has 1 amide bonds. The monoisotopic (exact) mass is 420 g/mol. The van der Waals surface area contributed by atoms with E-state index < -0.39 is 15.9 Å². The molecule has 2 aromatic carbocycles. The average Bonchev–Trinajstić information content (AvgIpc) is 2.70. The second-order valence-electron chi connectivity index (χ2n) is 6.66. The van der Waals surface area contributed by atoms with Crippen molar-refractivity contribution in [1.82, 2.24) is 0 Å². The highest BCUT2D eigenvalue weighted by atomic mass is 32.2. The largest absolute Gasteiger partial charge is 0.493 e. The number of anilines is 2. The molecule has 0 radical (unpaired) electrons. The summed E-state index contributed by atoms with van der Waals surface area (Å²) < 4.78 is 36.0. The van der Waals surface area contributed by atoms with E-state index in [4.69, 9.17) is 9.47 Å². The van der Waals surface area contributed by atoms with E-state index in [0.717, 1.165) is 29.8 Å². The van der Waals surface area contributed by atoms with E-state index in [0.29, 0.717) is 22.9 Å². The van der Waals surface area contributed by atoms with Crippen LogP contribution < -0.4 is 19.1 Å². The number of methoxy groups -OCH3 is 2. The molecule has 0 aliphatic rings. The molecule has 0 aliphatic carbocycles. The average molecular weight is 421 g/mol. The van der Waals surface area contributed by atoms with Gasteiger partial charge in [-0.1, -0.05) is 25.5 Å². The molecule has 0 saturated carbocycles. The van der Waals surface area contributed by atoms with Crippen LogP contribution in [0.5, 0.6) is 11.5 Å². The van der Waals surface area contributed by atoms with Crippen LogP contribution >= 0.6 is 0 Å². The number of hydrogen-bond acceptors (Lipinski definition) is 5. The van der Waals surface area contributed by atoms with Gasteiger partial charge < -0.3 is 14.8 Å². The fourth-order valence-electron chi connectivity index (χ4n) is 2.85. The minimum Gasteiger partial charge on any atom is -0.493 e. The number of hydrogen-bond donors (Lipinski definition) is 1. The molecule has 0 atom stereocenters. The molecular weight excluding hydrogens is 392 g/mol. The molecule has 29 heavy (non-hydrogen) atoms. The van der Waals surface area contributed by atoms with E-state index in [1.165, 1.54) is 25.8 Å². The molecule has 0 bridgehead atoms. The maximum absolute atomic E-state index is 12.5. The van der Waals surface area contributed by atoms with E-state index in [2.05, 4.69) is 12.2 Å². The first-order valence-corrected chi connectivity index (χ1v) is 11.2. The van der Waals surface area contributed by atoms with Gasteiger partial charge in [0.2, 0.25) is 15.9 Å². The van der Waals surface area contributed by atoms with Gasteiger partial charge in [-0.2, -0.15) is 0 Å². The van der Waals surface area contributed by atoms with E-state index in [9.17, 15) is 13.2 Å². The summed E-state index contributed by atoms with van der Waals surface area (Å²) in [5, 5.41) is 2.75. The molecular formula is C21H28N2O5S. The molecule has 0 aromatic heterocycles. The first-order chi connectivity index (χ1) is 13.8. The van der Waals surface area contributed by atoms with Gasteiger partial charge in [0.25, 0.3) is 0 Å². The van der Waals surface area contributed by atoms with E-state index in [1.807, 2.05) is 24.3 Å². The minimum absolute atomic E-state index is 0.315. The Morgan fingerprint density at radius 3 is 2.24 bits per heavy atom. The van der Waals surface area contributed by atoms with Gasteiger partial charge in [-0.25, -0.2) is 8.42 Å². The van der Waals surface area contributed by atoms with Crippen LogP contribution in [0.1, 0.15) is 25.3 Å². The maximum atomic E-state index is 12.5. The first-order valence-electron chi connectivity index (χ1n) is 9.37. The van der Waals surface area contributed by atoms with Crippen LogP contribution in [0.4, 0.5) is 11.4 Å². The quantitative estimate of drug-likeness (QED) is 0.636. The molecule has 0 fully saturated rings. The number of unbranched alkanes of at least 4 members (excludes halogenated alkanes) is 1. The van der Waals surface area contributed by atoms with E-state index in [-0.39, 0.29) is 6.54 Å². The van der Waals surface area contributed by atoms with Crippen molar-refractivity contribution in [2.45, 2.75) is 26.2 Å². The van der Waals surface area contributed by atoms with Gasteiger partial charge in [0, 0.05) is 11.8 Å². The molecule has 8 heteroatoms. The second kappa shape index (κ2) is 10.2. The summed E-state index contributed by atoms with van der Waals surface area (Å²) in [6.07, 6.45) is 4.28. The van der Waals surface area contributed by atoms with Crippen LogP contribution in [0, 0.1) is 0 Å². The van der Waals surface area contributed by atoms with Gasteiger partial charge in [0.15, 0.2) is 11.5 Å². The lowest BCUT2D eigenvalue weighted by Gasteiger charge is -2.23. The van der Waals surface area contributed by atoms with Crippen molar-refractivity contribution in [2.75, 3.05) is 36.6 Å². The summed E-state index contributed by atoms with van der Waals surface area (Å²) in [4.78, 5) is 12.5. The highest BCUT2D eigenvalue weighted by molar-refractivity contribution is 7.92. The lowest BCUT2D eigenvalue weighted by atomic mass is 10.1. The summed E-state index contributed by atoms with van der Waals surface area (Å²) in [5.74, 6) is 0.408. The van der Waals surface area contributed by atoms with Crippen LogP contribution in [0.3, 0.4) is 0 Å². The third kappa shape index (κ3) is 6.39. The van der Waals surface area contributed by atoms with Crippen LogP contribution in [-0.2, 0) is 21.2 Å². The predicted molar refractivity (Wildman–Crippen MR) is 115 cm³/mol. The van der Waals surface area contributed by atoms with Crippen molar-refractivity contribution in [3.8, 4) is 11.5 Å². The zero-order valence-electron chi connectivity index (χ0n) is 17.3. The van der Waals surface area contributed by atoms with Gasteiger partial charge in [-0.3, -0.25) is 9.10 Å². The van der Waals surface area contributed by atoms with Crippen molar-refractivity contribution in [3.05, 3.63) is 48.0 Å². The van der Waals surface area contributed by atoms with Gasteiger partial charge in [-0.05, 0) is 42.7 Å². The molecule has 2 aromatic rings. The summed E-state index contributed by atoms with van der Waals surface area (Å²) >= 11 is 0. The molecule has 0 spiro atoms. The number of amides is 1. The van der Waals surface area contributed by atoms with Crippen molar-refractivity contribution in [1.29, 1.82) is 0 Å². The molecule has 2 rings (SSSR count). The third-order valence-electron chi connectivity index (χ3n) is 4.40. The Morgan fingerprint density at radius 2 is 1.69 bits per heavy atom. The highest BCUT2D eigenvalue weighted by Gasteiger charge is 2.22. The summed E-state index contributed by atoms with van der Waals surface area (Å²) in [6.45, 7) is 1.78. The Kier molecular flexibility index (Phi) is 7.90. The Labute approximate surface area is 172 Å². The smallest absolute Gasteiger partial charge is 0.245 e. The van der Waals surface area contributed by atoms with Crippen LogP contribution in [0.15, 0.2) is 42.5 Å². The van der Waals surface area contributed by atoms with E-state index in [1.54, 1.807) is 12.1 Å². The molecule has 158 valence electrons. The van der Waals surface area contributed by atoms with Crippen molar-refractivity contribution in [3.63, 3.8) is 0 Å². The molecule has 0 heterocycles. The number of rotatable bonds is 10. The SMILES string of the molecule is CCCCc1ccc(NC(=O)CN(c2ccc(OC)c(OC)c2)S(C)(=O)=O)cc1. The van der Waals surface area contributed by atoms with Gasteiger partial charge in [-0.15, -0.1) is 0 Å². The Balaban J connectivity index is 2.15. The van der Waals surface area contributed by atoms with Crippen molar-refractivity contribution in [2.24, 2.45) is 0 Å². The van der Waals surface area contributed by atoms with Crippen LogP contribution in [-0.4, -0.2) is 41.3 Å². The van der Waals surface area contributed by atoms with Crippen molar-refractivity contribution >= 4 is 27.3 Å². The number of carbonyl (C=O) groups is 1.